The summed E-state index contributed by atoms with van der Waals surface area (Å²) in [7, 11) is 0. The van der Waals surface area contributed by atoms with Crippen molar-refractivity contribution in [1.82, 2.24) is 4.90 Å². The van der Waals surface area contributed by atoms with E-state index < -0.39 is 0 Å². The summed E-state index contributed by atoms with van der Waals surface area (Å²) in [5.41, 5.74) is 1.06. The van der Waals surface area contributed by atoms with E-state index in [1.807, 2.05) is 49.1 Å². The van der Waals surface area contributed by atoms with Crippen molar-refractivity contribution < 1.29 is 14.6 Å². The fraction of sp³-hybridized carbons (Fsp3) is 0.562. The lowest BCUT2D eigenvalue weighted by molar-refractivity contribution is -0.148. The summed E-state index contributed by atoms with van der Waals surface area (Å²) in [6, 6.07) is 9.88. The van der Waals surface area contributed by atoms with Crippen LogP contribution in [-0.2, 0) is 9.53 Å². The fourth-order valence-electron chi connectivity index (χ4n) is 2.78. The Kier molecular flexibility index (Phi) is 5.15. The second kappa shape index (κ2) is 6.86. The van der Waals surface area contributed by atoms with Gasteiger partial charge in [-0.25, -0.2) is 0 Å². The largest absolute Gasteiger partial charge is 0.394 e. The lowest BCUT2D eigenvalue weighted by atomic mass is 9.94. The van der Waals surface area contributed by atoms with E-state index in [1.54, 1.807) is 0 Å². The third-order valence-electron chi connectivity index (χ3n) is 3.75. The summed E-state index contributed by atoms with van der Waals surface area (Å²) in [5.74, 6) is 0.0214. The van der Waals surface area contributed by atoms with Crippen LogP contribution in [0.15, 0.2) is 30.3 Å². The van der Waals surface area contributed by atoms with Crippen LogP contribution in [-0.4, -0.2) is 47.8 Å². The lowest BCUT2D eigenvalue weighted by Crippen LogP contribution is -2.51. The number of benzene rings is 1. The zero-order valence-corrected chi connectivity index (χ0v) is 12.2. The predicted octanol–water partition coefficient (Wildman–Crippen LogP) is 1.79. The minimum absolute atomic E-state index is 0.0295. The highest BCUT2D eigenvalue weighted by atomic mass is 16.5. The number of aliphatic hydroxyl groups is 1. The number of amides is 1. The molecule has 4 heteroatoms. The van der Waals surface area contributed by atoms with Gasteiger partial charge in [0.1, 0.15) is 0 Å². The van der Waals surface area contributed by atoms with E-state index in [-0.39, 0.29) is 30.6 Å². The first-order chi connectivity index (χ1) is 9.65. The highest BCUT2D eigenvalue weighted by Gasteiger charge is 2.31. The summed E-state index contributed by atoms with van der Waals surface area (Å²) in [5, 5.41) is 9.26. The number of rotatable bonds is 4. The zero-order valence-electron chi connectivity index (χ0n) is 12.2. The van der Waals surface area contributed by atoms with E-state index in [0.717, 1.165) is 12.0 Å². The number of ether oxygens (including phenoxy) is 1. The molecule has 1 fully saturated rings. The van der Waals surface area contributed by atoms with Crippen LogP contribution in [0.1, 0.15) is 31.7 Å². The van der Waals surface area contributed by atoms with Crippen LogP contribution in [0.3, 0.4) is 0 Å². The van der Waals surface area contributed by atoms with E-state index in [1.165, 1.54) is 0 Å². The van der Waals surface area contributed by atoms with Gasteiger partial charge in [-0.05, 0) is 18.9 Å². The first-order valence-electron chi connectivity index (χ1n) is 7.25. The number of nitrogens with zero attached hydrogens (tertiary/aromatic N) is 1. The molecule has 1 N–H and O–H groups in total. The molecule has 3 unspecified atom stereocenters. The van der Waals surface area contributed by atoms with Crippen molar-refractivity contribution in [3.05, 3.63) is 35.9 Å². The Morgan fingerprint density at radius 3 is 2.70 bits per heavy atom. The summed E-state index contributed by atoms with van der Waals surface area (Å²) in [6.45, 7) is 4.99. The molecule has 2 rings (SSSR count). The number of carbonyl (C=O) groups is 1. The molecule has 1 amide bonds. The average Bonchev–Trinajstić information content (AvgIpc) is 2.48. The van der Waals surface area contributed by atoms with Crippen molar-refractivity contribution in [2.75, 3.05) is 19.7 Å². The molecule has 0 radical (unpaired) electrons. The highest BCUT2D eigenvalue weighted by molar-refractivity contribution is 5.83. The summed E-state index contributed by atoms with van der Waals surface area (Å²) < 4.78 is 5.59. The molecule has 1 aliphatic heterocycles. The maximum Gasteiger partial charge on any atom is 0.230 e. The van der Waals surface area contributed by atoms with Gasteiger partial charge in [0.25, 0.3) is 0 Å². The number of carbonyl (C=O) groups excluding carboxylic acids is 1. The van der Waals surface area contributed by atoms with Crippen LogP contribution in [0.4, 0.5) is 0 Å². The number of morpholine rings is 1. The molecule has 1 aromatic carbocycles. The van der Waals surface area contributed by atoms with E-state index >= 15 is 0 Å². The molecule has 1 aromatic rings. The number of hydrogen-bond donors (Lipinski definition) is 1. The molecule has 0 bridgehead atoms. The van der Waals surface area contributed by atoms with Gasteiger partial charge in [-0.3, -0.25) is 4.79 Å². The molecule has 1 saturated heterocycles. The van der Waals surface area contributed by atoms with Crippen LogP contribution in [0.5, 0.6) is 0 Å². The third kappa shape index (κ3) is 3.38. The smallest absolute Gasteiger partial charge is 0.230 e. The Labute approximate surface area is 120 Å². The summed E-state index contributed by atoms with van der Waals surface area (Å²) in [6.07, 6.45) is 0.479. The van der Waals surface area contributed by atoms with Gasteiger partial charge in [-0.15, -0.1) is 0 Å². The minimum atomic E-state index is -0.268. The minimum Gasteiger partial charge on any atom is -0.394 e. The summed E-state index contributed by atoms with van der Waals surface area (Å²) in [4.78, 5) is 14.6. The van der Waals surface area contributed by atoms with Crippen molar-refractivity contribution in [3.63, 3.8) is 0 Å². The van der Waals surface area contributed by atoms with Crippen molar-refractivity contribution in [2.45, 2.75) is 38.4 Å². The normalized spacial score (nSPS) is 24.4. The van der Waals surface area contributed by atoms with E-state index in [0.29, 0.717) is 13.1 Å². The molecule has 4 nitrogen and oxygen atoms in total. The number of aliphatic hydroxyl groups excluding tert-OH is 1. The first-order valence-corrected chi connectivity index (χ1v) is 7.25. The van der Waals surface area contributed by atoms with Crippen molar-refractivity contribution in [2.24, 2.45) is 0 Å². The molecule has 0 aromatic heterocycles. The van der Waals surface area contributed by atoms with Crippen LogP contribution in [0.25, 0.3) is 0 Å². The van der Waals surface area contributed by atoms with Crippen molar-refractivity contribution >= 4 is 5.91 Å². The second-order valence-corrected chi connectivity index (χ2v) is 5.37. The summed E-state index contributed by atoms with van der Waals surface area (Å²) >= 11 is 0. The molecule has 1 heterocycles. The Hall–Kier alpha value is -1.39. The van der Waals surface area contributed by atoms with Gasteiger partial charge >= 0.3 is 0 Å². The predicted molar refractivity (Wildman–Crippen MR) is 77.5 cm³/mol. The topological polar surface area (TPSA) is 49.8 Å². The molecule has 1 aliphatic rings. The molecule has 0 spiro atoms. The zero-order chi connectivity index (χ0) is 14.5. The Morgan fingerprint density at radius 1 is 1.40 bits per heavy atom. The fourth-order valence-corrected chi connectivity index (χ4v) is 2.78. The number of hydrogen-bond acceptors (Lipinski definition) is 3. The molecular formula is C16H23NO3. The van der Waals surface area contributed by atoms with Gasteiger partial charge in [-0.1, -0.05) is 37.3 Å². The van der Waals surface area contributed by atoms with Crippen LogP contribution in [0.2, 0.25) is 0 Å². The van der Waals surface area contributed by atoms with Gasteiger partial charge in [0.15, 0.2) is 0 Å². The van der Waals surface area contributed by atoms with Gasteiger partial charge < -0.3 is 14.7 Å². The van der Waals surface area contributed by atoms with E-state index in [4.69, 9.17) is 4.74 Å². The van der Waals surface area contributed by atoms with Crippen molar-refractivity contribution in [3.8, 4) is 0 Å². The standard InChI is InChI=1S/C16H23NO3/c1-3-15(13-7-5-4-6-8-13)16(19)17-9-12(2)20-14(10-17)11-18/h4-8,12,14-15,18H,3,9-11H2,1-2H3. The van der Waals surface area contributed by atoms with Crippen molar-refractivity contribution in [1.29, 1.82) is 0 Å². The maximum absolute atomic E-state index is 12.7. The van der Waals surface area contributed by atoms with E-state index in [2.05, 4.69) is 0 Å². The van der Waals surface area contributed by atoms with Crippen LogP contribution < -0.4 is 0 Å². The van der Waals surface area contributed by atoms with Crippen LogP contribution >= 0.6 is 0 Å². The van der Waals surface area contributed by atoms with E-state index in [9.17, 15) is 9.90 Å². The highest BCUT2D eigenvalue weighted by Crippen LogP contribution is 2.24. The van der Waals surface area contributed by atoms with Gasteiger partial charge in [0, 0.05) is 13.1 Å². The van der Waals surface area contributed by atoms with Gasteiger partial charge in [0.05, 0.1) is 24.7 Å². The Morgan fingerprint density at radius 2 is 2.10 bits per heavy atom. The monoisotopic (exact) mass is 277 g/mol. The SMILES string of the molecule is CCC(C(=O)N1CC(C)OC(CO)C1)c1ccccc1. The molecule has 20 heavy (non-hydrogen) atoms. The quantitative estimate of drug-likeness (QED) is 0.913. The molecule has 0 saturated carbocycles. The Bertz CT molecular complexity index is 435. The average molecular weight is 277 g/mol. The third-order valence-corrected chi connectivity index (χ3v) is 3.75. The maximum atomic E-state index is 12.7. The van der Waals surface area contributed by atoms with Crippen LogP contribution in [0, 0.1) is 0 Å². The second-order valence-electron chi connectivity index (χ2n) is 5.37. The molecular weight excluding hydrogens is 254 g/mol. The first kappa shape index (κ1) is 15.0. The van der Waals surface area contributed by atoms with Gasteiger partial charge in [0.2, 0.25) is 5.91 Å². The molecule has 110 valence electrons. The Balaban J connectivity index is 2.12. The lowest BCUT2D eigenvalue weighted by Gasteiger charge is -2.37. The molecule has 0 aliphatic carbocycles. The van der Waals surface area contributed by atoms with Gasteiger partial charge in [-0.2, -0.15) is 0 Å². The molecule has 3 atom stereocenters.